The number of hydrogen-bond donors (Lipinski definition) is 2. The summed E-state index contributed by atoms with van der Waals surface area (Å²) in [5, 5.41) is 3.19. The van der Waals surface area contributed by atoms with E-state index in [1.54, 1.807) is 12.1 Å². The molecule has 0 unspecified atom stereocenters. The highest BCUT2D eigenvalue weighted by atomic mass is 32.2. The van der Waals surface area contributed by atoms with Gasteiger partial charge in [-0.1, -0.05) is 37.3 Å². The van der Waals surface area contributed by atoms with E-state index in [4.69, 9.17) is 0 Å². The smallest absolute Gasteiger partial charge is 0.232 e. The Kier molecular flexibility index (Phi) is 5.16. The maximum atomic E-state index is 11.6. The fourth-order valence-electron chi connectivity index (χ4n) is 1.85. The molecule has 2 N–H and O–H groups in total. The molecule has 0 aliphatic rings. The van der Waals surface area contributed by atoms with Gasteiger partial charge in [-0.05, 0) is 24.1 Å². The Labute approximate surface area is 125 Å². The first-order chi connectivity index (χ1) is 10.1. The van der Waals surface area contributed by atoms with E-state index in [1.165, 1.54) is 6.20 Å². The zero-order valence-electron chi connectivity index (χ0n) is 11.9. The molecule has 0 saturated heterocycles. The van der Waals surface area contributed by atoms with Crippen molar-refractivity contribution in [1.29, 1.82) is 0 Å². The Bertz CT molecular complexity index is 655. The number of aromatic nitrogens is 1. The summed E-state index contributed by atoms with van der Waals surface area (Å²) in [4.78, 5) is 4.20. The van der Waals surface area contributed by atoms with Crippen molar-refractivity contribution in [1.82, 2.24) is 4.98 Å². The molecule has 0 radical (unpaired) electrons. The van der Waals surface area contributed by atoms with Crippen molar-refractivity contribution in [3.63, 3.8) is 0 Å². The van der Waals surface area contributed by atoms with Crippen LogP contribution in [0.4, 0.5) is 11.5 Å². The second kappa shape index (κ2) is 7.08. The van der Waals surface area contributed by atoms with Crippen molar-refractivity contribution in [3.05, 3.63) is 54.2 Å². The average molecular weight is 305 g/mol. The molecule has 0 atom stereocenters. The van der Waals surface area contributed by atoms with Crippen LogP contribution in [0, 0.1) is 0 Å². The molecule has 5 nitrogen and oxygen atoms in total. The number of hydrogen-bond acceptors (Lipinski definition) is 4. The van der Waals surface area contributed by atoms with Gasteiger partial charge in [0.1, 0.15) is 5.82 Å². The van der Waals surface area contributed by atoms with Crippen molar-refractivity contribution >= 4 is 21.5 Å². The lowest BCUT2D eigenvalue weighted by atomic mass is 10.2. The molecule has 0 aliphatic heterocycles. The van der Waals surface area contributed by atoms with Crippen LogP contribution in [0.5, 0.6) is 0 Å². The van der Waals surface area contributed by atoms with Gasteiger partial charge in [0.15, 0.2) is 0 Å². The Balaban J connectivity index is 1.93. The van der Waals surface area contributed by atoms with Gasteiger partial charge in [-0.3, -0.25) is 4.72 Å². The highest BCUT2D eigenvalue weighted by Crippen LogP contribution is 2.12. The van der Waals surface area contributed by atoms with Gasteiger partial charge in [-0.2, -0.15) is 0 Å². The summed E-state index contributed by atoms with van der Waals surface area (Å²) in [7, 11) is -3.26. The van der Waals surface area contributed by atoms with Crippen molar-refractivity contribution in [2.24, 2.45) is 0 Å². The lowest BCUT2D eigenvalue weighted by Crippen LogP contribution is -2.16. The van der Waals surface area contributed by atoms with Crippen LogP contribution in [0.2, 0.25) is 0 Å². The van der Waals surface area contributed by atoms with Gasteiger partial charge in [-0.25, -0.2) is 13.4 Å². The lowest BCUT2D eigenvalue weighted by molar-refractivity contribution is 0.600. The summed E-state index contributed by atoms with van der Waals surface area (Å²) in [6, 6.07) is 13.5. The average Bonchev–Trinajstić information content (AvgIpc) is 2.47. The molecule has 0 aliphatic carbocycles. The van der Waals surface area contributed by atoms with E-state index in [1.807, 2.05) is 37.3 Å². The van der Waals surface area contributed by atoms with Crippen LogP contribution in [0.25, 0.3) is 0 Å². The van der Waals surface area contributed by atoms with Gasteiger partial charge in [0, 0.05) is 6.54 Å². The van der Waals surface area contributed by atoms with Crippen molar-refractivity contribution in [2.75, 3.05) is 15.8 Å². The molecule has 1 heterocycles. The molecule has 0 amide bonds. The molecular formula is C15H19N3O2S. The monoisotopic (exact) mass is 305 g/mol. The first-order valence-electron chi connectivity index (χ1n) is 6.83. The molecule has 0 saturated carbocycles. The van der Waals surface area contributed by atoms with E-state index in [2.05, 4.69) is 15.0 Å². The topological polar surface area (TPSA) is 71.1 Å². The van der Waals surface area contributed by atoms with Crippen molar-refractivity contribution < 1.29 is 8.42 Å². The predicted octanol–water partition coefficient (Wildman–Crippen LogP) is 2.85. The highest BCUT2D eigenvalue weighted by Gasteiger charge is 2.08. The summed E-state index contributed by atoms with van der Waals surface area (Å²) in [5.41, 5.74) is 1.64. The minimum Gasteiger partial charge on any atom is -0.366 e. The van der Waals surface area contributed by atoms with E-state index in [0.717, 1.165) is 5.56 Å². The van der Waals surface area contributed by atoms with Gasteiger partial charge >= 0.3 is 0 Å². The van der Waals surface area contributed by atoms with Gasteiger partial charge in [-0.15, -0.1) is 0 Å². The minimum absolute atomic E-state index is 0.112. The number of benzene rings is 1. The normalized spacial score (nSPS) is 11.1. The van der Waals surface area contributed by atoms with Crippen molar-refractivity contribution in [3.8, 4) is 0 Å². The first-order valence-corrected chi connectivity index (χ1v) is 8.48. The van der Waals surface area contributed by atoms with Crippen LogP contribution >= 0.6 is 0 Å². The van der Waals surface area contributed by atoms with Gasteiger partial charge < -0.3 is 5.32 Å². The second-order valence-corrected chi connectivity index (χ2v) is 6.53. The number of nitrogens with zero attached hydrogens (tertiary/aromatic N) is 1. The molecule has 2 rings (SSSR count). The molecular weight excluding hydrogens is 286 g/mol. The number of sulfonamides is 1. The van der Waals surface area contributed by atoms with E-state index < -0.39 is 10.0 Å². The Morgan fingerprint density at radius 1 is 1.10 bits per heavy atom. The van der Waals surface area contributed by atoms with Gasteiger partial charge in [0.25, 0.3) is 0 Å². The zero-order chi connectivity index (χ0) is 15.1. The summed E-state index contributed by atoms with van der Waals surface area (Å²) in [5.74, 6) is 0.818. The minimum atomic E-state index is -3.26. The molecule has 0 bridgehead atoms. The van der Waals surface area contributed by atoms with Crippen LogP contribution < -0.4 is 10.0 Å². The van der Waals surface area contributed by atoms with Crippen LogP contribution in [-0.2, 0) is 16.6 Å². The molecule has 1 aromatic carbocycles. The second-order valence-electron chi connectivity index (χ2n) is 4.69. The van der Waals surface area contributed by atoms with Crippen LogP contribution in [0.1, 0.15) is 18.9 Å². The molecule has 2 aromatic rings. The van der Waals surface area contributed by atoms with Crippen LogP contribution in [0.15, 0.2) is 48.7 Å². The number of pyridine rings is 1. The summed E-state index contributed by atoms with van der Waals surface area (Å²) in [6.45, 7) is 2.50. The van der Waals surface area contributed by atoms with Crippen LogP contribution in [-0.4, -0.2) is 19.2 Å². The molecule has 0 spiro atoms. The van der Waals surface area contributed by atoms with E-state index in [9.17, 15) is 8.42 Å². The zero-order valence-corrected chi connectivity index (χ0v) is 12.7. The third kappa shape index (κ3) is 5.07. The Morgan fingerprint density at radius 3 is 2.48 bits per heavy atom. The summed E-state index contributed by atoms with van der Waals surface area (Å²) < 4.78 is 25.8. The van der Waals surface area contributed by atoms with Gasteiger partial charge in [0.2, 0.25) is 10.0 Å². The molecule has 6 heteroatoms. The molecule has 1 aromatic heterocycles. The van der Waals surface area contributed by atoms with Gasteiger partial charge in [0.05, 0.1) is 17.6 Å². The fourth-order valence-corrected chi connectivity index (χ4v) is 2.97. The van der Waals surface area contributed by atoms with E-state index >= 15 is 0 Å². The maximum absolute atomic E-state index is 11.6. The Morgan fingerprint density at radius 2 is 1.86 bits per heavy atom. The molecule has 0 fully saturated rings. The predicted molar refractivity (Wildman–Crippen MR) is 85.7 cm³/mol. The van der Waals surface area contributed by atoms with E-state index in [0.29, 0.717) is 24.5 Å². The summed E-state index contributed by atoms with van der Waals surface area (Å²) >= 11 is 0. The summed E-state index contributed by atoms with van der Waals surface area (Å²) in [6.07, 6.45) is 2.10. The van der Waals surface area contributed by atoms with Crippen LogP contribution in [0.3, 0.4) is 0 Å². The number of rotatable bonds is 7. The highest BCUT2D eigenvalue weighted by molar-refractivity contribution is 7.92. The first kappa shape index (κ1) is 15.3. The maximum Gasteiger partial charge on any atom is 0.232 e. The number of anilines is 2. The Hall–Kier alpha value is -2.08. The lowest BCUT2D eigenvalue weighted by Gasteiger charge is -2.08. The quantitative estimate of drug-likeness (QED) is 0.825. The SMILES string of the molecule is CCCS(=O)(=O)Nc1ccc(NCc2ccccc2)nc1. The third-order valence-electron chi connectivity index (χ3n) is 2.83. The third-order valence-corrected chi connectivity index (χ3v) is 4.32. The van der Waals surface area contributed by atoms with Crippen molar-refractivity contribution in [2.45, 2.75) is 19.9 Å². The molecule has 21 heavy (non-hydrogen) atoms. The van der Waals surface area contributed by atoms with E-state index in [-0.39, 0.29) is 5.75 Å². The number of nitrogens with one attached hydrogen (secondary N) is 2. The molecule has 112 valence electrons. The fraction of sp³-hybridized carbons (Fsp3) is 0.267. The largest absolute Gasteiger partial charge is 0.366 e. The standard InChI is InChI=1S/C15H19N3O2S/c1-2-10-21(19,20)18-14-8-9-15(17-12-14)16-11-13-6-4-3-5-7-13/h3-9,12,18H,2,10-11H2,1H3,(H,16,17).